The molecule has 17 heavy (non-hydrogen) atoms. The van der Waals surface area contributed by atoms with Gasteiger partial charge in [0.2, 0.25) is 0 Å². The van der Waals surface area contributed by atoms with Gasteiger partial charge in [-0.1, -0.05) is 0 Å². The molecule has 0 spiro atoms. The Hall–Kier alpha value is -2.56. The van der Waals surface area contributed by atoms with E-state index in [0.717, 1.165) is 22.6 Å². The van der Waals surface area contributed by atoms with E-state index in [0.29, 0.717) is 11.5 Å². The van der Waals surface area contributed by atoms with Crippen molar-refractivity contribution in [2.45, 2.75) is 0 Å². The Balaban J connectivity index is 2.14. The number of hydrogen-bond acceptors (Lipinski definition) is 4. The highest BCUT2D eigenvalue weighted by molar-refractivity contribution is 5.77. The number of nitrogens with one attached hydrogen (secondary N) is 1. The van der Waals surface area contributed by atoms with Crippen molar-refractivity contribution in [3.8, 4) is 11.4 Å². The smallest absolute Gasteiger partial charge is 0.180 e. The molecular weight excluding hydrogens is 214 g/mol. The van der Waals surface area contributed by atoms with E-state index in [1.54, 1.807) is 6.07 Å². The molecule has 5 nitrogen and oxygen atoms in total. The molecule has 0 amide bonds. The van der Waals surface area contributed by atoms with Crippen LogP contribution < -0.4 is 11.5 Å². The van der Waals surface area contributed by atoms with Crippen molar-refractivity contribution >= 4 is 22.7 Å². The number of aromatic nitrogens is 3. The van der Waals surface area contributed by atoms with E-state index in [1.165, 1.54) is 0 Å². The van der Waals surface area contributed by atoms with Gasteiger partial charge in [0, 0.05) is 11.3 Å². The van der Waals surface area contributed by atoms with Crippen LogP contribution in [0, 0.1) is 0 Å². The van der Waals surface area contributed by atoms with Gasteiger partial charge < -0.3 is 16.5 Å². The van der Waals surface area contributed by atoms with Gasteiger partial charge >= 0.3 is 0 Å². The summed E-state index contributed by atoms with van der Waals surface area (Å²) in [6, 6.07) is 11.1. The summed E-state index contributed by atoms with van der Waals surface area (Å²) in [5.74, 6) is 1.23. The number of H-pyrrole nitrogens is 1. The molecule has 0 unspecified atom stereocenters. The predicted octanol–water partition coefficient (Wildman–Crippen LogP) is 1.79. The number of nitrogens with two attached hydrogens (primary N) is 2. The van der Waals surface area contributed by atoms with Crippen LogP contribution in [0.3, 0.4) is 0 Å². The van der Waals surface area contributed by atoms with Gasteiger partial charge in [0.15, 0.2) is 5.65 Å². The number of benzene rings is 1. The first-order valence-corrected chi connectivity index (χ1v) is 5.20. The minimum absolute atomic E-state index is 0.466. The number of pyridine rings is 1. The van der Waals surface area contributed by atoms with Gasteiger partial charge in [0.1, 0.15) is 11.6 Å². The number of nitrogens with zero attached hydrogens (tertiary/aromatic N) is 2. The minimum Gasteiger partial charge on any atom is -0.399 e. The number of hydrogen-bond donors (Lipinski definition) is 3. The zero-order valence-electron chi connectivity index (χ0n) is 9.01. The average molecular weight is 225 g/mol. The lowest BCUT2D eigenvalue weighted by molar-refractivity contribution is 1.30. The largest absolute Gasteiger partial charge is 0.399 e. The summed E-state index contributed by atoms with van der Waals surface area (Å²) in [7, 11) is 0. The Bertz CT molecular complexity index is 669. The summed E-state index contributed by atoms with van der Waals surface area (Å²) in [4.78, 5) is 11.7. The molecule has 0 saturated carbocycles. The second kappa shape index (κ2) is 3.48. The van der Waals surface area contributed by atoms with Crippen molar-refractivity contribution in [2.75, 3.05) is 11.5 Å². The van der Waals surface area contributed by atoms with Crippen LogP contribution in [-0.2, 0) is 0 Å². The molecule has 5 N–H and O–H groups in total. The molecule has 0 fully saturated rings. The van der Waals surface area contributed by atoms with Crippen molar-refractivity contribution in [2.24, 2.45) is 0 Å². The van der Waals surface area contributed by atoms with Gasteiger partial charge in [-0.05, 0) is 36.4 Å². The summed E-state index contributed by atoms with van der Waals surface area (Å²) < 4.78 is 0. The molecule has 84 valence electrons. The molecule has 3 rings (SSSR count). The van der Waals surface area contributed by atoms with E-state index in [-0.39, 0.29) is 0 Å². The number of aromatic amines is 1. The van der Waals surface area contributed by atoms with Gasteiger partial charge in [-0.15, -0.1) is 0 Å². The SMILES string of the molecule is Nc1ccc(-c2nc3nc(N)ccc3[nH]2)cc1. The van der Waals surface area contributed by atoms with Gasteiger partial charge in [0.25, 0.3) is 0 Å². The highest BCUT2D eigenvalue weighted by Crippen LogP contribution is 2.20. The molecule has 0 aliphatic rings. The number of anilines is 2. The average Bonchev–Trinajstić information content (AvgIpc) is 2.72. The van der Waals surface area contributed by atoms with Crippen LogP contribution in [0.25, 0.3) is 22.6 Å². The third kappa shape index (κ3) is 1.67. The van der Waals surface area contributed by atoms with Gasteiger partial charge in [-0.3, -0.25) is 0 Å². The number of imidazole rings is 1. The first kappa shape index (κ1) is 9.65. The summed E-state index contributed by atoms with van der Waals surface area (Å²) in [5.41, 5.74) is 14.4. The van der Waals surface area contributed by atoms with Crippen molar-refractivity contribution in [1.29, 1.82) is 0 Å². The van der Waals surface area contributed by atoms with Crippen molar-refractivity contribution in [3.05, 3.63) is 36.4 Å². The third-order valence-electron chi connectivity index (χ3n) is 2.55. The zero-order valence-corrected chi connectivity index (χ0v) is 9.01. The fourth-order valence-electron chi connectivity index (χ4n) is 1.68. The van der Waals surface area contributed by atoms with Crippen LogP contribution in [-0.4, -0.2) is 15.0 Å². The van der Waals surface area contributed by atoms with Crippen LogP contribution in [0.2, 0.25) is 0 Å². The Morgan fingerprint density at radius 1 is 0.882 bits per heavy atom. The molecule has 0 aliphatic heterocycles. The second-order valence-corrected chi connectivity index (χ2v) is 3.81. The lowest BCUT2D eigenvalue weighted by Crippen LogP contribution is -1.88. The molecule has 2 aromatic heterocycles. The van der Waals surface area contributed by atoms with E-state index >= 15 is 0 Å². The highest BCUT2D eigenvalue weighted by atomic mass is 15.0. The van der Waals surface area contributed by atoms with E-state index in [9.17, 15) is 0 Å². The Kier molecular flexibility index (Phi) is 1.98. The fourth-order valence-corrected chi connectivity index (χ4v) is 1.68. The zero-order chi connectivity index (χ0) is 11.8. The molecular formula is C12H11N5. The lowest BCUT2D eigenvalue weighted by atomic mass is 10.2. The number of fused-ring (bicyclic) bond motifs is 1. The van der Waals surface area contributed by atoms with Gasteiger partial charge in [-0.2, -0.15) is 0 Å². The van der Waals surface area contributed by atoms with Crippen molar-refractivity contribution < 1.29 is 0 Å². The molecule has 5 heteroatoms. The molecule has 2 heterocycles. The van der Waals surface area contributed by atoms with Crippen LogP contribution in [0.5, 0.6) is 0 Å². The van der Waals surface area contributed by atoms with Crippen molar-refractivity contribution in [1.82, 2.24) is 15.0 Å². The molecule has 0 atom stereocenters. The van der Waals surface area contributed by atoms with E-state index in [4.69, 9.17) is 11.5 Å². The maximum atomic E-state index is 5.64. The first-order chi connectivity index (χ1) is 8.22. The van der Waals surface area contributed by atoms with Gasteiger partial charge in [0.05, 0.1) is 5.52 Å². The quantitative estimate of drug-likeness (QED) is 0.550. The van der Waals surface area contributed by atoms with Crippen LogP contribution >= 0.6 is 0 Å². The van der Waals surface area contributed by atoms with E-state index in [2.05, 4.69) is 15.0 Å². The molecule has 0 aliphatic carbocycles. The summed E-state index contributed by atoms with van der Waals surface area (Å²) in [6.45, 7) is 0. The Morgan fingerprint density at radius 2 is 1.65 bits per heavy atom. The normalized spacial score (nSPS) is 10.8. The van der Waals surface area contributed by atoms with Crippen LogP contribution in [0.15, 0.2) is 36.4 Å². The summed E-state index contributed by atoms with van der Waals surface area (Å²) in [6.07, 6.45) is 0. The molecule has 0 saturated heterocycles. The molecule has 0 radical (unpaired) electrons. The van der Waals surface area contributed by atoms with E-state index in [1.807, 2.05) is 30.3 Å². The maximum absolute atomic E-state index is 5.64. The van der Waals surface area contributed by atoms with E-state index < -0.39 is 0 Å². The molecule has 1 aromatic carbocycles. The van der Waals surface area contributed by atoms with Crippen LogP contribution in [0.4, 0.5) is 11.5 Å². The predicted molar refractivity (Wildman–Crippen MR) is 68.1 cm³/mol. The summed E-state index contributed by atoms with van der Waals surface area (Å²) in [5, 5.41) is 0. The Morgan fingerprint density at radius 3 is 2.41 bits per heavy atom. The standard InChI is InChI=1S/C12H11N5/c13-8-3-1-7(2-4-8)11-15-9-5-6-10(14)16-12(9)17-11/h1-6H,13H2,(H3,14,15,16,17). The third-order valence-corrected chi connectivity index (χ3v) is 2.55. The minimum atomic E-state index is 0.466. The summed E-state index contributed by atoms with van der Waals surface area (Å²) >= 11 is 0. The highest BCUT2D eigenvalue weighted by Gasteiger charge is 2.06. The Labute approximate surface area is 97.5 Å². The first-order valence-electron chi connectivity index (χ1n) is 5.20. The lowest BCUT2D eigenvalue weighted by Gasteiger charge is -1.96. The van der Waals surface area contributed by atoms with Crippen LogP contribution in [0.1, 0.15) is 0 Å². The number of nitrogen functional groups attached to an aromatic ring is 2. The number of rotatable bonds is 1. The fraction of sp³-hybridized carbons (Fsp3) is 0. The topological polar surface area (TPSA) is 93.6 Å². The van der Waals surface area contributed by atoms with Crippen molar-refractivity contribution in [3.63, 3.8) is 0 Å². The van der Waals surface area contributed by atoms with Gasteiger partial charge in [-0.25, -0.2) is 9.97 Å². The molecule has 0 bridgehead atoms. The monoisotopic (exact) mass is 225 g/mol. The molecule has 3 aromatic rings. The second-order valence-electron chi connectivity index (χ2n) is 3.81. The maximum Gasteiger partial charge on any atom is 0.180 e.